The van der Waals surface area contributed by atoms with Gasteiger partial charge in [-0.1, -0.05) is 0 Å². The summed E-state index contributed by atoms with van der Waals surface area (Å²) >= 11 is 0. The van der Waals surface area contributed by atoms with Crippen molar-refractivity contribution in [2.75, 3.05) is 19.0 Å². The smallest absolute Gasteiger partial charge is 0.240 e. The van der Waals surface area contributed by atoms with Crippen LogP contribution in [0.3, 0.4) is 0 Å². The summed E-state index contributed by atoms with van der Waals surface area (Å²) in [5.41, 5.74) is 0.802. The van der Waals surface area contributed by atoms with E-state index in [4.69, 9.17) is 0 Å². The summed E-state index contributed by atoms with van der Waals surface area (Å²) in [4.78, 5) is 15.0. The number of halogens is 1. The van der Waals surface area contributed by atoms with E-state index < -0.39 is 5.82 Å². The lowest BCUT2D eigenvalue weighted by Crippen LogP contribution is -2.08. The van der Waals surface area contributed by atoms with Crippen LogP contribution < -0.4 is 4.90 Å². The molecule has 0 radical (unpaired) electrons. The lowest BCUT2D eigenvalue weighted by molar-refractivity contribution is 0.564. The van der Waals surface area contributed by atoms with Crippen molar-refractivity contribution in [3.05, 3.63) is 24.0 Å². The van der Waals surface area contributed by atoms with E-state index >= 15 is 0 Å². The fourth-order valence-corrected chi connectivity index (χ4v) is 0.914. The maximum Gasteiger partial charge on any atom is 0.240 e. The number of isocyanates is 1. The third-order valence-corrected chi connectivity index (χ3v) is 1.61. The van der Waals surface area contributed by atoms with Gasteiger partial charge in [0.2, 0.25) is 6.08 Å². The van der Waals surface area contributed by atoms with Crippen LogP contribution in [-0.2, 0) is 4.79 Å². The number of carbonyl (C=O) groups excluding carboxylic acids is 1. The fourth-order valence-electron chi connectivity index (χ4n) is 0.914. The Hall–Kier alpha value is -1.67. The maximum absolute atomic E-state index is 12.9. The number of anilines is 1. The summed E-state index contributed by atoms with van der Waals surface area (Å²) in [6, 6.07) is 4.37. The van der Waals surface area contributed by atoms with Gasteiger partial charge in [-0.25, -0.2) is 9.18 Å². The number of rotatable bonds is 2. The first kappa shape index (κ1) is 9.42. The van der Waals surface area contributed by atoms with Crippen molar-refractivity contribution in [3.8, 4) is 0 Å². The van der Waals surface area contributed by atoms with Gasteiger partial charge in [-0.2, -0.15) is 4.99 Å². The highest BCUT2D eigenvalue weighted by Crippen LogP contribution is 2.23. The predicted molar refractivity (Wildman–Crippen MR) is 48.5 cm³/mol. The van der Waals surface area contributed by atoms with Crippen LogP contribution in [-0.4, -0.2) is 20.2 Å². The van der Waals surface area contributed by atoms with Crippen LogP contribution in [0.2, 0.25) is 0 Å². The molecule has 0 spiro atoms. The molecule has 3 nitrogen and oxygen atoms in total. The van der Waals surface area contributed by atoms with E-state index in [1.165, 1.54) is 18.2 Å². The minimum Gasteiger partial charge on any atom is -0.378 e. The second-order valence-electron chi connectivity index (χ2n) is 2.73. The molecule has 0 aliphatic heterocycles. The van der Waals surface area contributed by atoms with Gasteiger partial charge in [0.25, 0.3) is 0 Å². The van der Waals surface area contributed by atoms with Crippen LogP contribution >= 0.6 is 0 Å². The quantitative estimate of drug-likeness (QED) is 0.514. The molecule has 0 atom stereocenters. The molecule has 0 bridgehead atoms. The van der Waals surface area contributed by atoms with Gasteiger partial charge >= 0.3 is 0 Å². The number of aliphatic imine (C=N–C) groups is 1. The molecule has 1 aromatic carbocycles. The summed E-state index contributed by atoms with van der Waals surface area (Å²) in [5.74, 6) is -0.519. The van der Waals surface area contributed by atoms with E-state index in [9.17, 15) is 9.18 Å². The van der Waals surface area contributed by atoms with Gasteiger partial charge in [-0.3, -0.25) is 0 Å². The van der Waals surface area contributed by atoms with Crippen LogP contribution in [0.25, 0.3) is 0 Å². The number of hydrogen-bond donors (Lipinski definition) is 0. The normalized spacial score (nSPS) is 9.15. The minimum absolute atomic E-state index is 0.0150. The molecule has 0 aliphatic rings. The van der Waals surface area contributed by atoms with E-state index in [1.807, 2.05) is 14.1 Å². The number of benzene rings is 1. The van der Waals surface area contributed by atoms with E-state index in [1.54, 1.807) is 11.0 Å². The maximum atomic E-state index is 12.9. The molecule has 0 fully saturated rings. The zero-order valence-electron chi connectivity index (χ0n) is 7.41. The van der Waals surface area contributed by atoms with Crippen molar-refractivity contribution in [2.24, 2.45) is 4.99 Å². The lowest BCUT2D eigenvalue weighted by atomic mass is 10.2. The van der Waals surface area contributed by atoms with Crippen LogP contribution in [0.1, 0.15) is 0 Å². The van der Waals surface area contributed by atoms with Gasteiger partial charge < -0.3 is 4.90 Å². The molecule has 68 valence electrons. The summed E-state index contributed by atoms with van der Waals surface area (Å²) in [6.45, 7) is 0. The molecule has 0 aromatic heterocycles. The SMILES string of the molecule is CN(C)c1ccc(F)c(N=C=O)c1. The van der Waals surface area contributed by atoms with Crippen LogP contribution in [0, 0.1) is 5.82 Å². The molecule has 0 unspecified atom stereocenters. The van der Waals surface area contributed by atoms with Gasteiger partial charge in [0, 0.05) is 19.8 Å². The molecule has 0 saturated heterocycles. The van der Waals surface area contributed by atoms with Gasteiger partial charge in [-0.05, 0) is 18.2 Å². The Kier molecular flexibility index (Phi) is 2.77. The van der Waals surface area contributed by atoms with Crippen LogP contribution in [0.5, 0.6) is 0 Å². The molecule has 13 heavy (non-hydrogen) atoms. The molecular formula is C9H9FN2O. The summed E-state index contributed by atoms with van der Waals surface area (Å²) in [7, 11) is 3.64. The molecule has 0 saturated carbocycles. The molecule has 0 heterocycles. The van der Waals surface area contributed by atoms with Crippen molar-refractivity contribution < 1.29 is 9.18 Å². The van der Waals surface area contributed by atoms with Crippen molar-refractivity contribution in [2.45, 2.75) is 0 Å². The van der Waals surface area contributed by atoms with E-state index in [-0.39, 0.29) is 5.69 Å². The zero-order valence-corrected chi connectivity index (χ0v) is 7.41. The number of nitrogens with zero attached hydrogens (tertiary/aromatic N) is 2. The Morgan fingerprint density at radius 3 is 2.69 bits per heavy atom. The van der Waals surface area contributed by atoms with E-state index in [2.05, 4.69) is 4.99 Å². The first-order valence-electron chi connectivity index (χ1n) is 3.70. The predicted octanol–water partition coefficient (Wildman–Crippen LogP) is 1.86. The molecule has 1 rings (SSSR count). The highest BCUT2D eigenvalue weighted by Gasteiger charge is 2.02. The highest BCUT2D eigenvalue weighted by molar-refractivity contribution is 5.58. The van der Waals surface area contributed by atoms with Crippen molar-refractivity contribution >= 4 is 17.5 Å². The standard InChI is InChI=1S/C9H9FN2O/c1-12(2)7-3-4-8(10)9(5-7)11-6-13/h3-5H,1-2H3. The monoisotopic (exact) mass is 180 g/mol. The van der Waals surface area contributed by atoms with Gasteiger partial charge in [-0.15, -0.1) is 0 Å². The van der Waals surface area contributed by atoms with Gasteiger partial charge in [0.1, 0.15) is 11.5 Å². The molecule has 0 amide bonds. The topological polar surface area (TPSA) is 32.7 Å². The van der Waals surface area contributed by atoms with Crippen molar-refractivity contribution in [1.29, 1.82) is 0 Å². The van der Waals surface area contributed by atoms with Crippen molar-refractivity contribution in [3.63, 3.8) is 0 Å². The molecule has 4 heteroatoms. The van der Waals surface area contributed by atoms with Gasteiger partial charge in [0.15, 0.2) is 0 Å². The first-order valence-corrected chi connectivity index (χ1v) is 3.70. The Balaban J connectivity index is 3.18. The average molecular weight is 180 g/mol. The molecule has 0 aliphatic carbocycles. The lowest BCUT2D eigenvalue weighted by Gasteiger charge is -2.12. The second-order valence-corrected chi connectivity index (χ2v) is 2.73. The van der Waals surface area contributed by atoms with E-state index in [0.29, 0.717) is 0 Å². The zero-order chi connectivity index (χ0) is 9.84. The van der Waals surface area contributed by atoms with Crippen LogP contribution in [0.15, 0.2) is 23.2 Å². The molecule has 0 N–H and O–H groups in total. The van der Waals surface area contributed by atoms with Crippen LogP contribution in [0.4, 0.5) is 15.8 Å². The third-order valence-electron chi connectivity index (χ3n) is 1.61. The fraction of sp³-hybridized carbons (Fsp3) is 0.222. The summed E-state index contributed by atoms with van der Waals surface area (Å²) in [6.07, 6.45) is 1.31. The third kappa shape index (κ3) is 2.13. The van der Waals surface area contributed by atoms with Gasteiger partial charge in [0.05, 0.1) is 0 Å². The Morgan fingerprint density at radius 1 is 1.46 bits per heavy atom. The highest BCUT2D eigenvalue weighted by atomic mass is 19.1. The largest absolute Gasteiger partial charge is 0.378 e. The Bertz CT molecular complexity index is 357. The second kappa shape index (κ2) is 3.83. The van der Waals surface area contributed by atoms with E-state index in [0.717, 1.165) is 5.69 Å². The summed E-state index contributed by atoms with van der Waals surface area (Å²) < 4.78 is 12.9. The average Bonchev–Trinajstić information content (AvgIpc) is 2.08. The molecule has 1 aromatic rings. The number of hydrogen-bond acceptors (Lipinski definition) is 3. The Labute approximate surface area is 75.5 Å². The first-order chi connectivity index (χ1) is 6.15. The molecular weight excluding hydrogens is 171 g/mol. The minimum atomic E-state index is -0.519. The summed E-state index contributed by atoms with van der Waals surface area (Å²) in [5, 5.41) is 0. The Morgan fingerprint density at radius 2 is 2.15 bits per heavy atom. The van der Waals surface area contributed by atoms with Crippen molar-refractivity contribution in [1.82, 2.24) is 0 Å².